The van der Waals surface area contributed by atoms with E-state index in [0.717, 1.165) is 0 Å². The van der Waals surface area contributed by atoms with Gasteiger partial charge in [0.2, 0.25) is 0 Å². The minimum absolute atomic E-state index is 0.0699. The molecular formula is C8H18O5. The second kappa shape index (κ2) is 7.23. The normalized spacial score (nSPS) is 18.2. The molecule has 0 amide bonds. The van der Waals surface area contributed by atoms with Crippen LogP contribution in [0.3, 0.4) is 0 Å². The summed E-state index contributed by atoms with van der Waals surface area (Å²) in [7, 11) is 0. The predicted molar refractivity (Wildman–Crippen MR) is 46.2 cm³/mol. The van der Waals surface area contributed by atoms with Crippen LogP contribution in [0.2, 0.25) is 0 Å². The maximum absolute atomic E-state index is 9.48. The summed E-state index contributed by atoms with van der Waals surface area (Å²) in [5.41, 5.74) is 0. The van der Waals surface area contributed by atoms with Crippen molar-refractivity contribution in [2.75, 3.05) is 26.4 Å². The Labute approximate surface area is 77.6 Å². The van der Waals surface area contributed by atoms with Crippen LogP contribution in [0.4, 0.5) is 0 Å². The first-order valence-corrected chi connectivity index (χ1v) is 4.29. The maximum Gasteiger partial charge on any atom is 0.107 e. The highest BCUT2D eigenvalue weighted by molar-refractivity contribution is 4.73. The van der Waals surface area contributed by atoms with Crippen LogP contribution in [0, 0.1) is 5.92 Å². The Morgan fingerprint density at radius 2 is 1.77 bits per heavy atom. The minimum atomic E-state index is -0.915. The van der Waals surface area contributed by atoms with Gasteiger partial charge in [-0.2, -0.15) is 0 Å². The van der Waals surface area contributed by atoms with Gasteiger partial charge in [0, 0.05) is 12.5 Å². The van der Waals surface area contributed by atoms with Crippen LogP contribution >= 0.6 is 0 Å². The van der Waals surface area contributed by atoms with Crippen LogP contribution in [-0.2, 0) is 4.74 Å². The molecule has 80 valence electrons. The van der Waals surface area contributed by atoms with Gasteiger partial charge in [0.05, 0.1) is 25.9 Å². The highest BCUT2D eigenvalue weighted by Crippen LogP contribution is 2.09. The number of hydrogen-bond donors (Lipinski definition) is 4. The Kier molecular flexibility index (Phi) is 7.12. The molecule has 0 rings (SSSR count). The Morgan fingerprint density at radius 3 is 2.15 bits per heavy atom. The van der Waals surface area contributed by atoms with E-state index in [1.165, 1.54) is 0 Å². The van der Waals surface area contributed by atoms with E-state index in [1.54, 1.807) is 6.92 Å². The van der Waals surface area contributed by atoms with Gasteiger partial charge in [-0.1, -0.05) is 6.92 Å². The Morgan fingerprint density at radius 1 is 1.15 bits per heavy atom. The molecule has 0 saturated heterocycles. The highest BCUT2D eigenvalue weighted by atomic mass is 16.5. The first-order valence-electron chi connectivity index (χ1n) is 4.29. The Balaban J connectivity index is 3.90. The predicted octanol–water partition coefficient (Wildman–Crippen LogP) is -1.65. The van der Waals surface area contributed by atoms with Crippen molar-refractivity contribution < 1.29 is 25.2 Å². The quantitative estimate of drug-likeness (QED) is 0.390. The van der Waals surface area contributed by atoms with Gasteiger partial charge < -0.3 is 25.2 Å². The van der Waals surface area contributed by atoms with Gasteiger partial charge in [0.1, 0.15) is 6.10 Å². The summed E-state index contributed by atoms with van der Waals surface area (Å²) in [6, 6.07) is 0. The molecule has 0 bridgehead atoms. The zero-order valence-corrected chi connectivity index (χ0v) is 7.76. The summed E-state index contributed by atoms with van der Waals surface area (Å²) in [4.78, 5) is 0. The molecule has 0 aromatic carbocycles. The number of hydrogen-bond acceptors (Lipinski definition) is 5. The Bertz CT molecular complexity index is 119. The van der Waals surface area contributed by atoms with Gasteiger partial charge in [-0.05, 0) is 0 Å². The molecule has 3 atom stereocenters. The molecule has 5 heteroatoms. The van der Waals surface area contributed by atoms with Crippen LogP contribution in [-0.4, -0.2) is 59.1 Å². The molecule has 0 heterocycles. The monoisotopic (exact) mass is 194 g/mol. The molecule has 13 heavy (non-hydrogen) atoms. The van der Waals surface area contributed by atoms with E-state index in [4.69, 9.17) is 20.1 Å². The average molecular weight is 194 g/mol. The standard InChI is InChI=1S/C8H18O5/c1-6(4-10)8(12)7(5-11)13-3-2-9/h6-12H,2-5H2,1H3. The fourth-order valence-corrected chi connectivity index (χ4v) is 0.938. The smallest absolute Gasteiger partial charge is 0.107 e. The molecule has 3 unspecified atom stereocenters. The van der Waals surface area contributed by atoms with Gasteiger partial charge in [-0.25, -0.2) is 0 Å². The molecule has 0 saturated carbocycles. The molecular weight excluding hydrogens is 176 g/mol. The fraction of sp³-hybridized carbons (Fsp3) is 1.00. The third kappa shape index (κ3) is 4.54. The number of ether oxygens (including phenoxy) is 1. The van der Waals surface area contributed by atoms with Crippen molar-refractivity contribution in [1.29, 1.82) is 0 Å². The number of aliphatic hydroxyl groups excluding tert-OH is 4. The molecule has 0 fully saturated rings. The van der Waals surface area contributed by atoms with Crippen molar-refractivity contribution >= 4 is 0 Å². The molecule has 0 aliphatic heterocycles. The van der Waals surface area contributed by atoms with E-state index < -0.39 is 12.2 Å². The largest absolute Gasteiger partial charge is 0.396 e. The van der Waals surface area contributed by atoms with Crippen molar-refractivity contribution in [1.82, 2.24) is 0 Å². The molecule has 4 N–H and O–H groups in total. The van der Waals surface area contributed by atoms with Gasteiger partial charge in [-0.3, -0.25) is 0 Å². The third-order valence-corrected chi connectivity index (χ3v) is 1.86. The molecule has 0 radical (unpaired) electrons. The SMILES string of the molecule is CC(CO)C(O)C(CO)OCCO. The summed E-state index contributed by atoms with van der Waals surface area (Å²) in [5.74, 6) is -0.351. The van der Waals surface area contributed by atoms with E-state index >= 15 is 0 Å². The summed E-state index contributed by atoms with van der Waals surface area (Å²) in [6.07, 6.45) is -1.66. The summed E-state index contributed by atoms with van der Waals surface area (Å²) in [6.45, 7) is 1.07. The van der Waals surface area contributed by atoms with E-state index in [2.05, 4.69) is 0 Å². The molecule has 0 spiro atoms. The van der Waals surface area contributed by atoms with Crippen LogP contribution in [0.1, 0.15) is 6.92 Å². The van der Waals surface area contributed by atoms with Gasteiger partial charge in [0.15, 0.2) is 0 Å². The van der Waals surface area contributed by atoms with E-state index in [1.807, 2.05) is 0 Å². The summed E-state index contributed by atoms with van der Waals surface area (Å²) < 4.78 is 4.96. The van der Waals surface area contributed by atoms with Crippen molar-refractivity contribution in [2.45, 2.75) is 19.1 Å². The average Bonchev–Trinajstić information content (AvgIpc) is 2.17. The second-order valence-electron chi connectivity index (χ2n) is 2.97. The van der Waals surface area contributed by atoms with Crippen molar-refractivity contribution in [3.8, 4) is 0 Å². The Hall–Kier alpha value is -0.200. The van der Waals surface area contributed by atoms with Crippen molar-refractivity contribution in [2.24, 2.45) is 5.92 Å². The van der Waals surface area contributed by atoms with Crippen LogP contribution in [0.15, 0.2) is 0 Å². The van der Waals surface area contributed by atoms with Gasteiger partial charge in [0.25, 0.3) is 0 Å². The van der Waals surface area contributed by atoms with Crippen molar-refractivity contribution in [3.05, 3.63) is 0 Å². The molecule has 0 aliphatic carbocycles. The molecule has 0 aliphatic rings. The first kappa shape index (κ1) is 12.8. The molecule has 0 aromatic rings. The number of rotatable bonds is 7. The van der Waals surface area contributed by atoms with Crippen molar-refractivity contribution in [3.63, 3.8) is 0 Å². The third-order valence-electron chi connectivity index (χ3n) is 1.86. The lowest BCUT2D eigenvalue weighted by molar-refractivity contribution is -0.0937. The maximum atomic E-state index is 9.48. The summed E-state index contributed by atoms with van der Waals surface area (Å²) in [5, 5.41) is 35.5. The topological polar surface area (TPSA) is 90.2 Å². The second-order valence-corrected chi connectivity index (χ2v) is 2.97. The highest BCUT2D eigenvalue weighted by Gasteiger charge is 2.24. The van der Waals surface area contributed by atoms with Gasteiger partial charge >= 0.3 is 0 Å². The number of aliphatic hydroxyl groups is 4. The van der Waals surface area contributed by atoms with Crippen LogP contribution < -0.4 is 0 Å². The van der Waals surface area contributed by atoms with Crippen LogP contribution in [0.25, 0.3) is 0 Å². The fourth-order valence-electron chi connectivity index (χ4n) is 0.938. The first-order chi connectivity index (χ1) is 6.17. The zero-order valence-electron chi connectivity index (χ0n) is 7.76. The lowest BCUT2D eigenvalue weighted by Crippen LogP contribution is -2.39. The summed E-state index contributed by atoms with van der Waals surface area (Å²) >= 11 is 0. The molecule has 5 nitrogen and oxygen atoms in total. The minimum Gasteiger partial charge on any atom is -0.396 e. The molecule has 0 aromatic heterocycles. The lowest BCUT2D eigenvalue weighted by atomic mass is 10.0. The van der Waals surface area contributed by atoms with Crippen LogP contribution in [0.5, 0.6) is 0 Å². The van der Waals surface area contributed by atoms with E-state index in [-0.39, 0.29) is 32.3 Å². The van der Waals surface area contributed by atoms with E-state index in [9.17, 15) is 5.11 Å². The van der Waals surface area contributed by atoms with E-state index in [0.29, 0.717) is 0 Å². The van der Waals surface area contributed by atoms with Gasteiger partial charge in [-0.15, -0.1) is 0 Å². The zero-order chi connectivity index (χ0) is 10.3. The lowest BCUT2D eigenvalue weighted by Gasteiger charge is -2.24.